The Morgan fingerprint density at radius 2 is 2.21 bits per heavy atom. The molecule has 0 unspecified atom stereocenters. The summed E-state index contributed by atoms with van der Waals surface area (Å²) in [6.45, 7) is 3.00. The minimum absolute atomic E-state index is 0.887. The third-order valence-corrected chi connectivity index (χ3v) is 3.04. The van der Waals surface area contributed by atoms with E-state index in [2.05, 4.69) is 79.0 Å². The van der Waals surface area contributed by atoms with Gasteiger partial charge in [-0.05, 0) is 31.4 Å². The zero-order chi connectivity index (χ0) is 13.3. The van der Waals surface area contributed by atoms with Crippen LogP contribution < -0.4 is 5.32 Å². The smallest absolute Gasteiger partial charge is 0.0330 e. The molecular weight excluding hydrogens is 230 g/mol. The first kappa shape index (κ1) is 13.4. The number of benzene rings is 1. The second-order valence-electron chi connectivity index (χ2n) is 4.74. The van der Waals surface area contributed by atoms with Crippen LogP contribution in [0.2, 0.25) is 0 Å². The zero-order valence-electron chi connectivity index (χ0n) is 11.5. The largest absolute Gasteiger partial charge is 0.385 e. The number of allylic oxidation sites excluding steroid dienone is 6. The molecule has 0 spiro atoms. The lowest BCUT2D eigenvalue weighted by Crippen LogP contribution is -2.13. The average molecular weight is 251 g/mol. The van der Waals surface area contributed by atoms with Gasteiger partial charge >= 0.3 is 0 Å². The van der Waals surface area contributed by atoms with Crippen LogP contribution in [0.3, 0.4) is 0 Å². The molecule has 1 aliphatic rings. The molecule has 0 atom stereocenters. The molecule has 0 radical (unpaired) electrons. The Bertz CT molecular complexity index is 518. The summed E-state index contributed by atoms with van der Waals surface area (Å²) in [7, 11) is 0. The highest BCUT2D eigenvalue weighted by Crippen LogP contribution is 2.08. The van der Waals surface area contributed by atoms with Crippen LogP contribution in [0.1, 0.15) is 24.0 Å². The second kappa shape index (κ2) is 7.42. The van der Waals surface area contributed by atoms with Crippen molar-refractivity contribution in [3.63, 3.8) is 0 Å². The van der Waals surface area contributed by atoms with Crippen molar-refractivity contribution < 1.29 is 0 Å². The average Bonchev–Trinajstić information content (AvgIpc) is 2.44. The van der Waals surface area contributed by atoms with Crippen molar-refractivity contribution in [2.45, 2.75) is 19.8 Å². The molecule has 1 aromatic rings. The molecule has 0 saturated carbocycles. The highest BCUT2D eigenvalue weighted by molar-refractivity contribution is 5.51. The highest BCUT2D eigenvalue weighted by atomic mass is 14.9. The lowest BCUT2D eigenvalue weighted by atomic mass is 10.1. The summed E-state index contributed by atoms with van der Waals surface area (Å²) in [5.74, 6) is 0. The molecule has 0 saturated heterocycles. The molecule has 0 fully saturated rings. The van der Waals surface area contributed by atoms with E-state index in [1.165, 1.54) is 16.8 Å². The van der Waals surface area contributed by atoms with E-state index in [0.717, 1.165) is 19.4 Å². The number of hydrogen-bond acceptors (Lipinski definition) is 1. The van der Waals surface area contributed by atoms with Gasteiger partial charge in [-0.2, -0.15) is 0 Å². The summed E-state index contributed by atoms with van der Waals surface area (Å²) in [4.78, 5) is 0. The molecule has 0 bridgehead atoms. The van der Waals surface area contributed by atoms with E-state index in [0.29, 0.717) is 0 Å². The van der Waals surface area contributed by atoms with Crippen LogP contribution in [-0.2, 0) is 0 Å². The third-order valence-electron chi connectivity index (χ3n) is 3.04. The molecule has 1 nitrogen and oxygen atoms in total. The van der Waals surface area contributed by atoms with Crippen molar-refractivity contribution >= 4 is 6.08 Å². The summed E-state index contributed by atoms with van der Waals surface area (Å²) in [6, 6.07) is 8.50. The first-order valence-corrected chi connectivity index (χ1v) is 6.84. The van der Waals surface area contributed by atoms with E-state index >= 15 is 0 Å². The standard InChI is InChI=1S/C18H21N/c1-16-9-8-11-17(15-16)10-4-3-7-14-19-18-12-5-2-6-13-18/h2-5,7-12,15,19H,6,13-14H2,1H3/b7-3-,10-4-. The SMILES string of the molecule is Cc1cccc(/C=C\C=C/CNC2=CC=CCC2)c1. The lowest BCUT2D eigenvalue weighted by molar-refractivity contribution is 0.802. The van der Waals surface area contributed by atoms with Crippen LogP contribution in [0, 0.1) is 6.92 Å². The normalized spacial score (nSPS) is 15.1. The van der Waals surface area contributed by atoms with Crippen LogP contribution in [-0.4, -0.2) is 6.54 Å². The zero-order valence-corrected chi connectivity index (χ0v) is 11.5. The fourth-order valence-corrected chi connectivity index (χ4v) is 2.03. The van der Waals surface area contributed by atoms with Crippen LogP contribution >= 0.6 is 0 Å². The van der Waals surface area contributed by atoms with Crippen molar-refractivity contribution in [3.8, 4) is 0 Å². The Balaban J connectivity index is 1.74. The van der Waals surface area contributed by atoms with Gasteiger partial charge in [0.15, 0.2) is 0 Å². The van der Waals surface area contributed by atoms with Crippen molar-refractivity contribution in [1.29, 1.82) is 0 Å². The topological polar surface area (TPSA) is 12.0 Å². The van der Waals surface area contributed by atoms with Gasteiger partial charge in [-0.1, -0.05) is 66.3 Å². The maximum absolute atomic E-state index is 3.42. The van der Waals surface area contributed by atoms with E-state index < -0.39 is 0 Å². The first-order valence-electron chi connectivity index (χ1n) is 6.84. The summed E-state index contributed by atoms with van der Waals surface area (Å²) in [5, 5.41) is 3.42. The Hall–Kier alpha value is -2.02. The maximum Gasteiger partial charge on any atom is 0.0330 e. The summed E-state index contributed by atoms with van der Waals surface area (Å²) in [6.07, 6.45) is 17.2. The molecule has 19 heavy (non-hydrogen) atoms. The minimum Gasteiger partial charge on any atom is -0.385 e. The van der Waals surface area contributed by atoms with E-state index in [-0.39, 0.29) is 0 Å². The maximum atomic E-state index is 3.42. The molecular formula is C18H21N. The van der Waals surface area contributed by atoms with Crippen LogP contribution in [0.25, 0.3) is 6.08 Å². The van der Waals surface area contributed by atoms with E-state index in [1.54, 1.807) is 0 Å². The lowest BCUT2D eigenvalue weighted by Gasteiger charge is -2.09. The molecule has 1 aliphatic carbocycles. The Kier molecular flexibility index (Phi) is 5.24. The number of hydrogen-bond donors (Lipinski definition) is 1. The molecule has 98 valence electrons. The van der Waals surface area contributed by atoms with Gasteiger partial charge in [0.05, 0.1) is 0 Å². The van der Waals surface area contributed by atoms with Crippen molar-refractivity contribution in [2.24, 2.45) is 0 Å². The van der Waals surface area contributed by atoms with Crippen molar-refractivity contribution in [3.05, 3.63) is 77.5 Å². The van der Waals surface area contributed by atoms with Gasteiger partial charge in [-0.15, -0.1) is 0 Å². The molecule has 0 heterocycles. The molecule has 0 aromatic heterocycles. The van der Waals surface area contributed by atoms with Crippen molar-refractivity contribution in [1.82, 2.24) is 5.32 Å². The Labute approximate surface area is 116 Å². The molecule has 0 amide bonds. The number of rotatable bonds is 5. The van der Waals surface area contributed by atoms with Crippen molar-refractivity contribution in [2.75, 3.05) is 6.54 Å². The number of nitrogens with one attached hydrogen (secondary N) is 1. The quantitative estimate of drug-likeness (QED) is 0.765. The summed E-state index contributed by atoms with van der Waals surface area (Å²) >= 11 is 0. The Morgan fingerprint density at radius 3 is 3.00 bits per heavy atom. The predicted molar refractivity (Wildman–Crippen MR) is 83.8 cm³/mol. The molecule has 1 N–H and O–H groups in total. The molecule has 1 heteroatoms. The summed E-state index contributed by atoms with van der Waals surface area (Å²) in [5.41, 5.74) is 3.87. The fourth-order valence-electron chi connectivity index (χ4n) is 2.03. The predicted octanol–water partition coefficient (Wildman–Crippen LogP) is 4.39. The summed E-state index contributed by atoms with van der Waals surface area (Å²) < 4.78 is 0. The fraction of sp³-hybridized carbons (Fsp3) is 0.222. The van der Waals surface area contributed by atoms with Crippen LogP contribution in [0.4, 0.5) is 0 Å². The van der Waals surface area contributed by atoms with E-state index in [9.17, 15) is 0 Å². The van der Waals surface area contributed by atoms with Gasteiger partial charge in [-0.3, -0.25) is 0 Å². The van der Waals surface area contributed by atoms with E-state index in [4.69, 9.17) is 0 Å². The first-order chi connectivity index (χ1) is 9.34. The molecule has 0 aliphatic heterocycles. The Morgan fingerprint density at radius 1 is 1.26 bits per heavy atom. The van der Waals surface area contributed by atoms with Gasteiger partial charge in [0.1, 0.15) is 0 Å². The van der Waals surface area contributed by atoms with Gasteiger partial charge in [0.2, 0.25) is 0 Å². The van der Waals surface area contributed by atoms with Crippen LogP contribution in [0.15, 0.2) is 66.4 Å². The molecule has 2 rings (SSSR count). The minimum atomic E-state index is 0.887. The molecule has 1 aromatic carbocycles. The highest BCUT2D eigenvalue weighted by Gasteiger charge is 1.95. The van der Waals surface area contributed by atoms with Gasteiger partial charge in [-0.25, -0.2) is 0 Å². The number of aryl methyl sites for hydroxylation is 1. The monoisotopic (exact) mass is 251 g/mol. The van der Waals surface area contributed by atoms with E-state index in [1.807, 2.05) is 0 Å². The second-order valence-corrected chi connectivity index (χ2v) is 4.74. The van der Waals surface area contributed by atoms with Gasteiger partial charge in [0.25, 0.3) is 0 Å². The van der Waals surface area contributed by atoms with Crippen LogP contribution in [0.5, 0.6) is 0 Å². The van der Waals surface area contributed by atoms with Gasteiger partial charge in [0, 0.05) is 12.2 Å². The third kappa shape index (κ3) is 5.01. The van der Waals surface area contributed by atoms with Gasteiger partial charge < -0.3 is 5.32 Å².